The first kappa shape index (κ1) is 12.3. The van der Waals surface area contributed by atoms with Gasteiger partial charge in [-0.25, -0.2) is 0 Å². The van der Waals surface area contributed by atoms with Crippen molar-refractivity contribution < 1.29 is 0 Å². The lowest BCUT2D eigenvalue weighted by Crippen LogP contribution is -1.87. The molecule has 0 saturated heterocycles. The van der Waals surface area contributed by atoms with Crippen LogP contribution in [0.25, 0.3) is 0 Å². The van der Waals surface area contributed by atoms with Gasteiger partial charge in [-0.2, -0.15) is 0 Å². The van der Waals surface area contributed by atoms with Gasteiger partial charge in [-0.05, 0) is 30.4 Å². The van der Waals surface area contributed by atoms with E-state index in [0.29, 0.717) is 0 Å². The maximum absolute atomic E-state index is 2.29. The zero-order valence-corrected chi connectivity index (χ0v) is 10.3. The lowest BCUT2D eigenvalue weighted by atomic mass is 10.0. The molecule has 0 atom stereocenters. The molecule has 1 aromatic rings. The minimum atomic E-state index is 1.15. The van der Waals surface area contributed by atoms with Gasteiger partial charge in [0, 0.05) is 0 Å². The monoisotopic (exact) mass is 204 g/mol. The van der Waals surface area contributed by atoms with Crippen LogP contribution in [0.2, 0.25) is 0 Å². The van der Waals surface area contributed by atoms with Gasteiger partial charge >= 0.3 is 0 Å². The highest BCUT2D eigenvalue weighted by Gasteiger charge is 1.94. The Morgan fingerprint density at radius 1 is 0.733 bits per heavy atom. The molecule has 0 saturated carbocycles. The Hall–Kier alpha value is -0.780. The van der Waals surface area contributed by atoms with Gasteiger partial charge in [0.05, 0.1) is 0 Å². The van der Waals surface area contributed by atoms with E-state index < -0.39 is 0 Å². The van der Waals surface area contributed by atoms with Crippen molar-refractivity contribution in [2.45, 2.75) is 58.8 Å². The summed E-state index contributed by atoms with van der Waals surface area (Å²) in [7, 11) is 0. The fourth-order valence-corrected chi connectivity index (χ4v) is 1.87. The van der Waals surface area contributed by atoms with E-state index in [1.165, 1.54) is 49.7 Å². The maximum atomic E-state index is 2.29. The summed E-state index contributed by atoms with van der Waals surface area (Å²) < 4.78 is 0. The first-order valence-corrected chi connectivity index (χ1v) is 6.44. The van der Waals surface area contributed by atoms with Crippen LogP contribution in [0.3, 0.4) is 0 Å². The van der Waals surface area contributed by atoms with Crippen LogP contribution in [0.1, 0.15) is 57.1 Å². The molecule has 0 bridgehead atoms. The number of unbranched alkanes of at least 4 members (excludes halogenated alkanes) is 4. The first-order chi connectivity index (χ1) is 7.36. The molecule has 1 rings (SSSR count). The third-order valence-corrected chi connectivity index (χ3v) is 3.00. The molecule has 0 aliphatic rings. The van der Waals surface area contributed by atoms with Gasteiger partial charge < -0.3 is 0 Å². The standard InChI is InChI=1S/C15H24/c1-3-5-6-7-8-9-15-12-10-14(4-2)11-13-15/h10-13H,3-9H2,1-2H3. The van der Waals surface area contributed by atoms with Crippen LogP contribution >= 0.6 is 0 Å². The average Bonchev–Trinajstić information content (AvgIpc) is 2.30. The summed E-state index contributed by atoms with van der Waals surface area (Å²) in [5.74, 6) is 0. The molecule has 0 aliphatic carbocycles. The molecule has 0 aliphatic heterocycles. The molecule has 0 N–H and O–H groups in total. The van der Waals surface area contributed by atoms with Crippen molar-refractivity contribution in [1.29, 1.82) is 0 Å². The van der Waals surface area contributed by atoms with E-state index in [9.17, 15) is 0 Å². The molecule has 0 heteroatoms. The highest BCUT2D eigenvalue weighted by molar-refractivity contribution is 5.22. The van der Waals surface area contributed by atoms with Crippen molar-refractivity contribution in [3.8, 4) is 0 Å². The second kappa shape index (κ2) is 7.50. The molecular weight excluding hydrogens is 180 g/mol. The van der Waals surface area contributed by atoms with E-state index >= 15 is 0 Å². The van der Waals surface area contributed by atoms with E-state index in [0.717, 1.165) is 6.42 Å². The molecule has 0 nitrogen and oxygen atoms in total. The normalized spacial score (nSPS) is 10.5. The highest BCUT2D eigenvalue weighted by Crippen LogP contribution is 2.10. The van der Waals surface area contributed by atoms with Crippen molar-refractivity contribution in [2.75, 3.05) is 0 Å². The largest absolute Gasteiger partial charge is 0.0654 e. The van der Waals surface area contributed by atoms with E-state index in [1.54, 1.807) is 0 Å². The summed E-state index contributed by atoms with van der Waals surface area (Å²) in [5.41, 5.74) is 2.95. The van der Waals surface area contributed by atoms with Crippen LogP contribution in [0.4, 0.5) is 0 Å². The van der Waals surface area contributed by atoms with Gasteiger partial charge in [-0.3, -0.25) is 0 Å². The van der Waals surface area contributed by atoms with E-state index in [4.69, 9.17) is 0 Å². The average molecular weight is 204 g/mol. The number of hydrogen-bond donors (Lipinski definition) is 0. The fourth-order valence-electron chi connectivity index (χ4n) is 1.87. The van der Waals surface area contributed by atoms with Crippen molar-refractivity contribution >= 4 is 0 Å². The summed E-state index contributed by atoms with van der Waals surface area (Å²) in [6.45, 7) is 4.48. The SMILES string of the molecule is CCCCCCCc1ccc(CC)cc1. The molecular formula is C15H24. The Bertz CT molecular complexity index is 245. The molecule has 0 heterocycles. The zero-order valence-electron chi connectivity index (χ0n) is 10.3. The molecule has 0 unspecified atom stereocenters. The third kappa shape index (κ3) is 5.01. The van der Waals surface area contributed by atoms with Gasteiger partial charge in [-0.1, -0.05) is 63.8 Å². The molecule has 0 fully saturated rings. The predicted octanol–water partition coefficient (Wildman–Crippen LogP) is 4.76. The van der Waals surface area contributed by atoms with Crippen LogP contribution < -0.4 is 0 Å². The predicted molar refractivity (Wildman–Crippen MR) is 68.3 cm³/mol. The second-order valence-electron chi connectivity index (χ2n) is 4.33. The van der Waals surface area contributed by atoms with E-state index in [-0.39, 0.29) is 0 Å². The Morgan fingerprint density at radius 3 is 1.93 bits per heavy atom. The smallest absolute Gasteiger partial charge is 0.0279 e. The molecule has 84 valence electrons. The maximum Gasteiger partial charge on any atom is -0.0279 e. The lowest BCUT2D eigenvalue weighted by molar-refractivity contribution is 0.632. The minimum absolute atomic E-state index is 1.15. The van der Waals surface area contributed by atoms with E-state index in [2.05, 4.69) is 38.1 Å². The summed E-state index contributed by atoms with van der Waals surface area (Å²) in [5, 5.41) is 0. The topological polar surface area (TPSA) is 0 Å². The third-order valence-electron chi connectivity index (χ3n) is 3.00. The molecule has 15 heavy (non-hydrogen) atoms. The number of benzene rings is 1. The molecule has 0 aromatic heterocycles. The van der Waals surface area contributed by atoms with Crippen molar-refractivity contribution in [3.05, 3.63) is 35.4 Å². The number of rotatable bonds is 7. The lowest BCUT2D eigenvalue weighted by Gasteiger charge is -2.02. The number of hydrogen-bond acceptors (Lipinski definition) is 0. The fraction of sp³-hybridized carbons (Fsp3) is 0.600. The first-order valence-electron chi connectivity index (χ1n) is 6.44. The van der Waals surface area contributed by atoms with Crippen molar-refractivity contribution in [3.63, 3.8) is 0 Å². The summed E-state index contributed by atoms with van der Waals surface area (Å²) in [6, 6.07) is 9.11. The van der Waals surface area contributed by atoms with Crippen LogP contribution in [0.5, 0.6) is 0 Å². The Kier molecular flexibility index (Phi) is 6.15. The Labute approximate surface area is 94.7 Å². The van der Waals surface area contributed by atoms with Crippen LogP contribution in [-0.4, -0.2) is 0 Å². The zero-order chi connectivity index (χ0) is 10.9. The Balaban J connectivity index is 2.20. The molecule has 1 aromatic carbocycles. The second-order valence-corrected chi connectivity index (χ2v) is 4.33. The van der Waals surface area contributed by atoms with Gasteiger partial charge in [0.15, 0.2) is 0 Å². The van der Waals surface area contributed by atoms with Crippen molar-refractivity contribution in [2.24, 2.45) is 0 Å². The summed E-state index contributed by atoms with van der Waals surface area (Å²) in [4.78, 5) is 0. The number of aryl methyl sites for hydroxylation is 2. The Morgan fingerprint density at radius 2 is 1.33 bits per heavy atom. The van der Waals surface area contributed by atoms with Gasteiger partial charge in [-0.15, -0.1) is 0 Å². The summed E-state index contributed by atoms with van der Waals surface area (Å²) >= 11 is 0. The highest BCUT2D eigenvalue weighted by atomic mass is 14.0. The van der Waals surface area contributed by atoms with Crippen molar-refractivity contribution in [1.82, 2.24) is 0 Å². The quantitative estimate of drug-likeness (QED) is 0.562. The summed E-state index contributed by atoms with van der Waals surface area (Å²) in [6.07, 6.45) is 9.29. The van der Waals surface area contributed by atoms with Crippen LogP contribution in [0, 0.1) is 0 Å². The molecule has 0 spiro atoms. The molecule has 0 amide bonds. The van der Waals surface area contributed by atoms with Gasteiger partial charge in [0.25, 0.3) is 0 Å². The van der Waals surface area contributed by atoms with Gasteiger partial charge in [0.1, 0.15) is 0 Å². The van der Waals surface area contributed by atoms with Gasteiger partial charge in [0.2, 0.25) is 0 Å². The van der Waals surface area contributed by atoms with E-state index in [1.807, 2.05) is 0 Å². The minimum Gasteiger partial charge on any atom is -0.0654 e. The molecule has 0 radical (unpaired) electrons. The van der Waals surface area contributed by atoms with Crippen LogP contribution in [0.15, 0.2) is 24.3 Å². The van der Waals surface area contributed by atoms with Crippen LogP contribution in [-0.2, 0) is 12.8 Å².